The first kappa shape index (κ1) is 10.9. The highest BCUT2D eigenvalue weighted by molar-refractivity contribution is 5.74. The summed E-state index contributed by atoms with van der Waals surface area (Å²) in [5, 5.41) is 7.36. The largest absolute Gasteiger partial charge is 0.381 e. The fraction of sp³-hybridized carbons (Fsp3) is 0.600. The number of anilines is 2. The molecule has 1 aromatic rings. The van der Waals surface area contributed by atoms with E-state index in [0.717, 1.165) is 12.5 Å². The normalized spacial score (nSPS) is 24.6. The molecule has 1 saturated carbocycles. The molecule has 0 aromatic heterocycles. The standard InChI is InChI=1S/C15H22N2/c1-11-6-5-9-13-15(11)16-10-14(17-13)12-7-3-2-4-8-12/h5-6,9,12,14,16-17H,2-4,7-8,10H2,1H3. The van der Waals surface area contributed by atoms with Gasteiger partial charge in [-0.1, -0.05) is 31.4 Å². The van der Waals surface area contributed by atoms with Crippen LogP contribution in [0.5, 0.6) is 0 Å². The molecule has 0 saturated heterocycles. The molecule has 2 heteroatoms. The van der Waals surface area contributed by atoms with Gasteiger partial charge in [0.1, 0.15) is 0 Å². The van der Waals surface area contributed by atoms with Crippen molar-refractivity contribution in [3.63, 3.8) is 0 Å². The number of para-hydroxylation sites is 1. The van der Waals surface area contributed by atoms with Gasteiger partial charge in [0.05, 0.1) is 11.4 Å². The Hall–Kier alpha value is -1.18. The second-order valence-electron chi connectivity index (χ2n) is 5.53. The van der Waals surface area contributed by atoms with Crippen LogP contribution in [0.1, 0.15) is 37.7 Å². The summed E-state index contributed by atoms with van der Waals surface area (Å²) >= 11 is 0. The molecule has 2 aliphatic rings. The van der Waals surface area contributed by atoms with Crippen molar-refractivity contribution in [3.05, 3.63) is 23.8 Å². The Balaban J connectivity index is 1.76. The number of rotatable bonds is 1. The predicted molar refractivity (Wildman–Crippen MR) is 73.7 cm³/mol. The molecule has 0 bridgehead atoms. The van der Waals surface area contributed by atoms with Gasteiger partial charge in [0.2, 0.25) is 0 Å². The van der Waals surface area contributed by atoms with Crippen LogP contribution in [0.25, 0.3) is 0 Å². The van der Waals surface area contributed by atoms with Gasteiger partial charge in [-0.05, 0) is 37.3 Å². The number of aryl methyl sites for hydroxylation is 1. The molecule has 1 atom stereocenters. The minimum absolute atomic E-state index is 0.629. The van der Waals surface area contributed by atoms with Crippen molar-refractivity contribution >= 4 is 11.4 Å². The van der Waals surface area contributed by atoms with E-state index in [1.54, 1.807) is 0 Å². The lowest BCUT2D eigenvalue weighted by Crippen LogP contribution is -2.40. The van der Waals surface area contributed by atoms with Crippen molar-refractivity contribution in [1.82, 2.24) is 0 Å². The Labute approximate surface area is 104 Å². The van der Waals surface area contributed by atoms with Gasteiger partial charge in [-0.15, -0.1) is 0 Å². The number of hydrogen-bond acceptors (Lipinski definition) is 2. The van der Waals surface area contributed by atoms with E-state index in [1.807, 2.05) is 0 Å². The molecule has 2 nitrogen and oxygen atoms in total. The summed E-state index contributed by atoms with van der Waals surface area (Å²) in [5.74, 6) is 0.866. The first-order valence-electron chi connectivity index (χ1n) is 6.94. The van der Waals surface area contributed by atoms with Gasteiger partial charge in [-0.2, -0.15) is 0 Å². The van der Waals surface area contributed by atoms with E-state index in [9.17, 15) is 0 Å². The lowest BCUT2D eigenvalue weighted by molar-refractivity contribution is 0.322. The maximum atomic E-state index is 3.74. The van der Waals surface area contributed by atoms with Crippen LogP contribution in [0, 0.1) is 12.8 Å². The molecule has 1 heterocycles. The molecule has 0 spiro atoms. The van der Waals surface area contributed by atoms with E-state index in [2.05, 4.69) is 35.8 Å². The smallest absolute Gasteiger partial charge is 0.0606 e. The van der Waals surface area contributed by atoms with Gasteiger partial charge in [-0.3, -0.25) is 0 Å². The highest BCUT2D eigenvalue weighted by atomic mass is 15.1. The lowest BCUT2D eigenvalue weighted by atomic mass is 9.83. The monoisotopic (exact) mass is 230 g/mol. The summed E-state index contributed by atoms with van der Waals surface area (Å²) < 4.78 is 0. The van der Waals surface area contributed by atoms with Gasteiger partial charge in [0, 0.05) is 12.6 Å². The van der Waals surface area contributed by atoms with Gasteiger partial charge >= 0.3 is 0 Å². The zero-order valence-electron chi connectivity index (χ0n) is 10.6. The van der Waals surface area contributed by atoms with Gasteiger partial charge < -0.3 is 10.6 Å². The number of nitrogens with one attached hydrogen (secondary N) is 2. The average Bonchev–Trinajstić information content (AvgIpc) is 2.40. The maximum absolute atomic E-state index is 3.74. The Kier molecular flexibility index (Phi) is 2.96. The van der Waals surface area contributed by atoms with E-state index >= 15 is 0 Å². The highest BCUT2D eigenvalue weighted by Crippen LogP contribution is 2.34. The second kappa shape index (κ2) is 4.59. The Morgan fingerprint density at radius 3 is 2.76 bits per heavy atom. The van der Waals surface area contributed by atoms with Crippen LogP contribution in [0.3, 0.4) is 0 Å². The third kappa shape index (κ3) is 2.13. The van der Waals surface area contributed by atoms with Gasteiger partial charge in [-0.25, -0.2) is 0 Å². The number of benzene rings is 1. The molecule has 1 aromatic carbocycles. The summed E-state index contributed by atoms with van der Waals surface area (Å²) in [6.07, 6.45) is 7.08. The summed E-state index contributed by atoms with van der Waals surface area (Å²) in [4.78, 5) is 0. The molecule has 0 amide bonds. The summed E-state index contributed by atoms with van der Waals surface area (Å²) in [7, 11) is 0. The molecule has 1 fully saturated rings. The Bertz CT molecular complexity index is 394. The molecule has 17 heavy (non-hydrogen) atoms. The second-order valence-corrected chi connectivity index (χ2v) is 5.53. The topological polar surface area (TPSA) is 24.1 Å². The van der Waals surface area contributed by atoms with Gasteiger partial charge in [0.15, 0.2) is 0 Å². The van der Waals surface area contributed by atoms with Crippen molar-refractivity contribution in [3.8, 4) is 0 Å². The molecule has 1 unspecified atom stereocenters. The van der Waals surface area contributed by atoms with Crippen LogP contribution in [-0.4, -0.2) is 12.6 Å². The van der Waals surface area contributed by atoms with Crippen molar-refractivity contribution in [1.29, 1.82) is 0 Å². The molecule has 1 aliphatic heterocycles. The summed E-state index contributed by atoms with van der Waals surface area (Å²) in [6, 6.07) is 7.15. The molecule has 92 valence electrons. The molecule has 2 N–H and O–H groups in total. The van der Waals surface area contributed by atoms with Crippen LogP contribution in [0.15, 0.2) is 18.2 Å². The first-order valence-corrected chi connectivity index (χ1v) is 6.94. The highest BCUT2D eigenvalue weighted by Gasteiger charge is 2.27. The van der Waals surface area contributed by atoms with E-state index in [4.69, 9.17) is 0 Å². The van der Waals surface area contributed by atoms with E-state index < -0.39 is 0 Å². The minimum Gasteiger partial charge on any atom is -0.381 e. The van der Waals surface area contributed by atoms with E-state index in [-0.39, 0.29) is 0 Å². The SMILES string of the molecule is Cc1cccc2c1NCC(C1CCCCC1)N2. The molecule has 3 rings (SSSR count). The zero-order valence-corrected chi connectivity index (χ0v) is 10.6. The third-order valence-electron chi connectivity index (χ3n) is 4.33. The summed E-state index contributed by atoms with van der Waals surface area (Å²) in [6.45, 7) is 3.26. The maximum Gasteiger partial charge on any atom is 0.0606 e. The first-order chi connectivity index (χ1) is 8.34. The third-order valence-corrected chi connectivity index (χ3v) is 4.33. The number of fused-ring (bicyclic) bond motifs is 1. The van der Waals surface area contributed by atoms with Crippen LogP contribution in [0.2, 0.25) is 0 Å². The fourth-order valence-corrected chi connectivity index (χ4v) is 3.31. The fourth-order valence-electron chi connectivity index (χ4n) is 3.31. The Morgan fingerprint density at radius 1 is 1.12 bits per heavy atom. The summed E-state index contributed by atoms with van der Waals surface area (Å²) in [5.41, 5.74) is 3.95. The zero-order chi connectivity index (χ0) is 11.7. The van der Waals surface area contributed by atoms with Gasteiger partial charge in [0.25, 0.3) is 0 Å². The molecule has 0 radical (unpaired) electrons. The van der Waals surface area contributed by atoms with Crippen LogP contribution in [-0.2, 0) is 0 Å². The van der Waals surface area contributed by atoms with E-state index in [0.29, 0.717) is 6.04 Å². The molecular formula is C15H22N2. The molecular weight excluding hydrogens is 208 g/mol. The number of hydrogen-bond donors (Lipinski definition) is 2. The van der Waals surface area contributed by atoms with Crippen molar-refractivity contribution in [2.24, 2.45) is 5.92 Å². The van der Waals surface area contributed by atoms with E-state index in [1.165, 1.54) is 49.0 Å². The Morgan fingerprint density at radius 2 is 1.94 bits per heavy atom. The van der Waals surface area contributed by atoms with Crippen LogP contribution >= 0.6 is 0 Å². The van der Waals surface area contributed by atoms with Crippen molar-refractivity contribution in [2.75, 3.05) is 17.2 Å². The minimum atomic E-state index is 0.629. The lowest BCUT2D eigenvalue weighted by Gasteiger charge is -2.36. The average molecular weight is 230 g/mol. The quantitative estimate of drug-likeness (QED) is 0.767. The molecule has 1 aliphatic carbocycles. The van der Waals surface area contributed by atoms with Crippen molar-refractivity contribution in [2.45, 2.75) is 45.1 Å². The van der Waals surface area contributed by atoms with Crippen molar-refractivity contribution < 1.29 is 0 Å². The predicted octanol–water partition coefficient (Wildman–Crippen LogP) is 3.78. The van der Waals surface area contributed by atoms with Crippen LogP contribution in [0.4, 0.5) is 11.4 Å². The van der Waals surface area contributed by atoms with Crippen LogP contribution < -0.4 is 10.6 Å².